The van der Waals surface area contributed by atoms with E-state index in [0.29, 0.717) is 28.8 Å². The highest BCUT2D eigenvalue weighted by molar-refractivity contribution is 6.32. The van der Waals surface area contributed by atoms with Gasteiger partial charge in [0.15, 0.2) is 5.75 Å². The Labute approximate surface area is 192 Å². The van der Waals surface area contributed by atoms with Crippen LogP contribution in [0.1, 0.15) is 41.9 Å². The van der Waals surface area contributed by atoms with Crippen LogP contribution < -0.4 is 9.47 Å². The lowest BCUT2D eigenvalue weighted by Crippen LogP contribution is -2.19. The van der Waals surface area contributed by atoms with Gasteiger partial charge in [-0.15, -0.1) is 11.6 Å². The van der Waals surface area contributed by atoms with Crippen LogP contribution in [0.4, 0.5) is 0 Å². The number of alkyl halides is 1. The Hall–Kier alpha value is -2.81. The number of benzene rings is 2. The van der Waals surface area contributed by atoms with Crippen LogP contribution in [0.2, 0.25) is 5.02 Å². The normalized spacial score (nSPS) is 11.1. The third kappa shape index (κ3) is 5.46. The minimum absolute atomic E-state index is 0.287. The minimum atomic E-state index is -0.385. The fourth-order valence-electron chi connectivity index (χ4n) is 3.12. The molecule has 0 aliphatic rings. The number of nitrogens with zero attached hydrogens (tertiary/aromatic N) is 3. The van der Waals surface area contributed by atoms with Crippen molar-refractivity contribution in [2.75, 3.05) is 12.5 Å². The van der Waals surface area contributed by atoms with Crippen LogP contribution in [0.3, 0.4) is 0 Å². The zero-order valence-corrected chi connectivity index (χ0v) is 19.2. The molecule has 0 saturated heterocycles. The third-order valence-corrected chi connectivity index (χ3v) is 5.46. The fourth-order valence-corrected chi connectivity index (χ4v) is 3.47. The molecule has 0 aliphatic heterocycles. The molecule has 0 unspecified atom stereocenters. The number of ether oxygens (including phenoxy) is 2. The summed E-state index contributed by atoms with van der Waals surface area (Å²) in [6, 6.07) is 13.7. The SMILES string of the molecule is Cc1ncc(COc2ccc(C(C)(C)c3cc(Cl)c(OCCCl)c(C#N)c3)cc2)cn1. The van der Waals surface area contributed by atoms with Gasteiger partial charge in [-0.25, -0.2) is 9.97 Å². The van der Waals surface area contributed by atoms with E-state index < -0.39 is 0 Å². The van der Waals surface area contributed by atoms with Gasteiger partial charge in [0, 0.05) is 23.4 Å². The molecule has 0 saturated carbocycles. The highest BCUT2D eigenvalue weighted by atomic mass is 35.5. The van der Waals surface area contributed by atoms with Crippen molar-refractivity contribution >= 4 is 23.2 Å². The van der Waals surface area contributed by atoms with Crippen molar-refractivity contribution < 1.29 is 9.47 Å². The zero-order chi connectivity index (χ0) is 22.4. The predicted octanol–water partition coefficient (Wildman–Crippen LogP) is 5.83. The molecule has 3 rings (SSSR count). The van der Waals surface area contributed by atoms with Crippen molar-refractivity contribution in [3.63, 3.8) is 0 Å². The van der Waals surface area contributed by atoms with Gasteiger partial charge >= 0.3 is 0 Å². The summed E-state index contributed by atoms with van der Waals surface area (Å²) in [6.45, 7) is 6.69. The van der Waals surface area contributed by atoms with Gasteiger partial charge in [-0.05, 0) is 42.3 Å². The van der Waals surface area contributed by atoms with E-state index in [2.05, 4.69) is 29.9 Å². The molecule has 1 heterocycles. The van der Waals surface area contributed by atoms with Crippen molar-refractivity contribution in [1.82, 2.24) is 9.97 Å². The number of halogens is 2. The van der Waals surface area contributed by atoms with Crippen LogP contribution in [0.25, 0.3) is 0 Å². The van der Waals surface area contributed by atoms with Crippen molar-refractivity contribution in [2.24, 2.45) is 0 Å². The molecule has 0 N–H and O–H groups in total. The Morgan fingerprint density at radius 2 is 1.71 bits per heavy atom. The molecule has 0 fully saturated rings. The van der Waals surface area contributed by atoms with Crippen LogP contribution in [0.5, 0.6) is 11.5 Å². The van der Waals surface area contributed by atoms with E-state index in [-0.39, 0.29) is 12.0 Å². The number of rotatable bonds is 8. The lowest BCUT2D eigenvalue weighted by Gasteiger charge is -2.27. The lowest BCUT2D eigenvalue weighted by atomic mass is 9.77. The topological polar surface area (TPSA) is 68.0 Å². The van der Waals surface area contributed by atoms with E-state index in [0.717, 1.165) is 28.3 Å². The first-order valence-electron chi connectivity index (χ1n) is 9.79. The quantitative estimate of drug-likeness (QED) is 0.399. The molecular formula is C24H23Cl2N3O2. The molecule has 0 bridgehead atoms. The van der Waals surface area contributed by atoms with Crippen LogP contribution in [0, 0.1) is 18.3 Å². The van der Waals surface area contributed by atoms with Gasteiger partial charge in [0.1, 0.15) is 30.9 Å². The highest BCUT2D eigenvalue weighted by Crippen LogP contribution is 2.38. The molecule has 0 atom stereocenters. The lowest BCUT2D eigenvalue weighted by molar-refractivity contribution is 0.305. The zero-order valence-electron chi connectivity index (χ0n) is 17.7. The van der Waals surface area contributed by atoms with Crippen LogP contribution in [-0.4, -0.2) is 22.5 Å². The van der Waals surface area contributed by atoms with E-state index in [1.54, 1.807) is 12.4 Å². The second kappa shape index (κ2) is 10.00. The molecule has 5 nitrogen and oxygen atoms in total. The summed E-state index contributed by atoms with van der Waals surface area (Å²) >= 11 is 12.1. The van der Waals surface area contributed by atoms with Crippen LogP contribution in [0.15, 0.2) is 48.8 Å². The highest BCUT2D eigenvalue weighted by Gasteiger charge is 2.26. The second-order valence-electron chi connectivity index (χ2n) is 7.56. The van der Waals surface area contributed by atoms with E-state index in [1.165, 1.54) is 0 Å². The summed E-state index contributed by atoms with van der Waals surface area (Å²) in [5, 5.41) is 9.96. The average molecular weight is 456 g/mol. The summed E-state index contributed by atoms with van der Waals surface area (Å²) in [4.78, 5) is 8.35. The van der Waals surface area contributed by atoms with Gasteiger partial charge in [-0.2, -0.15) is 5.26 Å². The van der Waals surface area contributed by atoms with E-state index in [4.69, 9.17) is 32.7 Å². The van der Waals surface area contributed by atoms with Crippen molar-refractivity contribution in [3.05, 3.63) is 81.9 Å². The van der Waals surface area contributed by atoms with Gasteiger partial charge in [0.25, 0.3) is 0 Å². The molecule has 0 radical (unpaired) electrons. The standard InChI is InChI=1S/C24H23Cl2N3O2/c1-16-28-13-17(14-29-16)15-31-21-6-4-19(5-7-21)24(2,3)20-10-18(12-27)23(22(26)11-20)30-9-8-25/h4-7,10-11,13-14H,8-9,15H2,1-3H3. The summed E-state index contributed by atoms with van der Waals surface area (Å²) in [7, 11) is 0. The molecule has 3 aromatic rings. The largest absolute Gasteiger partial charge is 0.489 e. The first kappa shape index (κ1) is 22.9. The van der Waals surface area contributed by atoms with Gasteiger partial charge < -0.3 is 9.47 Å². The number of aromatic nitrogens is 2. The molecule has 2 aromatic carbocycles. The molecule has 31 heavy (non-hydrogen) atoms. The molecule has 0 spiro atoms. The molecule has 1 aromatic heterocycles. The number of hydrogen-bond acceptors (Lipinski definition) is 5. The summed E-state index contributed by atoms with van der Waals surface area (Å²) in [6.07, 6.45) is 3.52. The number of nitriles is 1. The maximum absolute atomic E-state index is 9.56. The van der Waals surface area contributed by atoms with Crippen LogP contribution in [-0.2, 0) is 12.0 Å². The summed E-state index contributed by atoms with van der Waals surface area (Å²) < 4.78 is 11.4. The second-order valence-corrected chi connectivity index (χ2v) is 8.35. The number of aryl methyl sites for hydroxylation is 1. The average Bonchev–Trinajstić information content (AvgIpc) is 2.77. The fraction of sp³-hybridized carbons (Fsp3) is 0.292. The third-order valence-electron chi connectivity index (χ3n) is 5.03. The van der Waals surface area contributed by atoms with Crippen molar-refractivity contribution in [3.8, 4) is 17.6 Å². The maximum Gasteiger partial charge on any atom is 0.155 e. The van der Waals surface area contributed by atoms with Gasteiger partial charge in [0.05, 0.1) is 16.5 Å². The first-order valence-corrected chi connectivity index (χ1v) is 10.7. The van der Waals surface area contributed by atoms with E-state index in [9.17, 15) is 5.26 Å². The maximum atomic E-state index is 9.56. The molecule has 160 valence electrons. The molecule has 0 aliphatic carbocycles. The van der Waals surface area contributed by atoms with Crippen LogP contribution >= 0.6 is 23.2 Å². The first-order chi connectivity index (χ1) is 14.8. The van der Waals surface area contributed by atoms with Crippen molar-refractivity contribution in [1.29, 1.82) is 5.26 Å². The van der Waals surface area contributed by atoms with Crippen molar-refractivity contribution in [2.45, 2.75) is 32.8 Å². The predicted molar refractivity (Wildman–Crippen MR) is 122 cm³/mol. The number of hydrogen-bond donors (Lipinski definition) is 0. The van der Waals surface area contributed by atoms with Gasteiger partial charge in [-0.3, -0.25) is 0 Å². The Morgan fingerprint density at radius 3 is 2.32 bits per heavy atom. The van der Waals surface area contributed by atoms with Gasteiger partial charge in [0.2, 0.25) is 0 Å². The minimum Gasteiger partial charge on any atom is -0.489 e. The summed E-state index contributed by atoms with van der Waals surface area (Å²) in [5.41, 5.74) is 2.89. The van der Waals surface area contributed by atoms with Gasteiger partial charge in [-0.1, -0.05) is 37.6 Å². The monoisotopic (exact) mass is 455 g/mol. The van der Waals surface area contributed by atoms with E-state index in [1.807, 2.05) is 43.3 Å². The Morgan fingerprint density at radius 1 is 1.03 bits per heavy atom. The molecular weight excluding hydrogens is 433 g/mol. The Bertz CT molecular complexity index is 1080. The molecule has 7 heteroatoms. The molecule has 0 amide bonds. The van der Waals surface area contributed by atoms with E-state index >= 15 is 0 Å². The summed E-state index contributed by atoms with van der Waals surface area (Å²) in [5.74, 6) is 2.17. The Kier molecular flexibility index (Phi) is 7.37. The Balaban J connectivity index is 1.79. The smallest absolute Gasteiger partial charge is 0.155 e.